The monoisotopic (exact) mass is 218 g/mol. The van der Waals surface area contributed by atoms with Crippen LogP contribution in [-0.4, -0.2) is 32.1 Å². The molecule has 0 saturated carbocycles. The third-order valence-electron chi connectivity index (χ3n) is 1.96. The molecule has 15 heavy (non-hydrogen) atoms. The third-order valence-corrected chi connectivity index (χ3v) is 1.96. The van der Waals surface area contributed by atoms with Crippen molar-refractivity contribution in [2.75, 3.05) is 19.8 Å². The average molecular weight is 218 g/mol. The van der Waals surface area contributed by atoms with Crippen molar-refractivity contribution in [3.63, 3.8) is 0 Å². The van der Waals surface area contributed by atoms with Gasteiger partial charge in [0.2, 0.25) is 0 Å². The van der Waals surface area contributed by atoms with Crippen molar-refractivity contribution >= 4 is 6.16 Å². The van der Waals surface area contributed by atoms with Gasteiger partial charge in [-0.1, -0.05) is 20.3 Å². The van der Waals surface area contributed by atoms with E-state index in [1.807, 2.05) is 6.92 Å². The van der Waals surface area contributed by atoms with Crippen LogP contribution < -0.4 is 0 Å². The maximum absolute atomic E-state index is 10.9. The Morgan fingerprint density at radius 1 is 1.20 bits per heavy atom. The van der Waals surface area contributed by atoms with Crippen LogP contribution in [0.25, 0.3) is 0 Å². The molecule has 0 aliphatic heterocycles. The molecule has 0 fully saturated rings. The van der Waals surface area contributed by atoms with Gasteiger partial charge in [0.15, 0.2) is 0 Å². The van der Waals surface area contributed by atoms with Gasteiger partial charge in [-0.3, -0.25) is 0 Å². The van der Waals surface area contributed by atoms with E-state index in [-0.39, 0.29) is 12.7 Å². The van der Waals surface area contributed by atoms with Gasteiger partial charge in [-0.25, -0.2) is 4.79 Å². The van der Waals surface area contributed by atoms with Crippen LogP contribution in [0, 0.1) is 0 Å². The van der Waals surface area contributed by atoms with Crippen molar-refractivity contribution in [1.82, 2.24) is 0 Å². The van der Waals surface area contributed by atoms with Gasteiger partial charge in [0.05, 0.1) is 12.7 Å². The summed E-state index contributed by atoms with van der Waals surface area (Å²) in [5.41, 5.74) is 0. The Bertz CT molecular complexity index is 159. The van der Waals surface area contributed by atoms with E-state index in [4.69, 9.17) is 9.47 Å². The molecule has 0 saturated heterocycles. The summed E-state index contributed by atoms with van der Waals surface area (Å²) in [4.78, 5) is 10.9. The van der Waals surface area contributed by atoms with E-state index in [0.29, 0.717) is 6.61 Å². The Labute approximate surface area is 91.9 Å². The quantitative estimate of drug-likeness (QED) is 0.464. The molecule has 1 unspecified atom stereocenters. The second kappa shape index (κ2) is 9.77. The molecule has 0 aromatic rings. The highest BCUT2D eigenvalue weighted by Crippen LogP contribution is 2.02. The summed E-state index contributed by atoms with van der Waals surface area (Å²) in [7, 11) is 0. The molecule has 0 spiro atoms. The summed E-state index contributed by atoms with van der Waals surface area (Å²) >= 11 is 0. The van der Waals surface area contributed by atoms with E-state index in [1.54, 1.807) is 6.92 Å². The number of hydrogen-bond donors (Lipinski definition) is 0. The molecule has 0 aliphatic carbocycles. The summed E-state index contributed by atoms with van der Waals surface area (Å²) in [6.45, 7) is 7.20. The minimum atomic E-state index is -0.616. The predicted octanol–water partition coefficient (Wildman–Crippen LogP) is 2.75. The van der Waals surface area contributed by atoms with E-state index in [1.165, 1.54) is 0 Å². The first-order chi connectivity index (χ1) is 7.24. The zero-order chi connectivity index (χ0) is 11.5. The molecule has 4 heteroatoms. The zero-order valence-corrected chi connectivity index (χ0v) is 9.95. The van der Waals surface area contributed by atoms with Crippen LogP contribution in [0.2, 0.25) is 0 Å². The Hall–Kier alpha value is -0.770. The number of rotatable bonds is 8. The molecule has 1 atom stereocenters. The molecule has 0 aromatic carbocycles. The maximum atomic E-state index is 10.9. The molecule has 4 nitrogen and oxygen atoms in total. The molecule has 0 bridgehead atoms. The zero-order valence-electron chi connectivity index (χ0n) is 9.95. The standard InChI is InChI=1S/C11H22O4/c1-4-7-8-14-10(5-2)9-15-11(12)13-6-3/h10H,4-9H2,1-3H3. The van der Waals surface area contributed by atoms with Gasteiger partial charge in [0.25, 0.3) is 0 Å². The number of ether oxygens (including phenoxy) is 3. The van der Waals surface area contributed by atoms with E-state index in [2.05, 4.69) is 11.7 Å². The molecule has 0 rings (SSSR count). The van der Waals surface area contributed by atoms with Gasteiger partial charge < -0.3 is 14.2 Å². The smallest absolute Gasteiger partial charge is 0.435 e. The summed E-state index contributed by atoms with van der Waals surface area (Å²) in [6, 6.07) is 0. The Morgan fingerprint density at radius 2 is 1.93 bits per heavy atom. The lowest BCUT2D eigenvalue weighted by atomic mass is 10.3. The molecule has 0 aromatic heterocycles. The van der Waals surface area contributed by atoms with Crippen LogP contribution in [0.1, 0.15) is 40.0 Å². The number of hydrogen-bond acceptors (Lipinski definition) is 4. The fourth-order valence-corrected chi connectivity index (χ4v) is 0.999. The number of carbonyl (C=O) groups is 1. The fraction of sp³-hybridized carbons (Fsp3) is 0.909. The first kappa shape index (κ1) is 14.2. The SMILES string of the molecule is CCCCOC(CC)COC(=O)OCC. The Kier molecular flexibility index (Phi) is 9.27. The van der Waals surface area contributed by atoms with Crippen molar-refractivity contribution < 1.29 is 19.0 Å². The van der Waals surface area contributed by atoms with E-state index < -0.39 is 6.16 Å². The van der Waals surface area contributed by atoms with Gasteiger partial charge in [-0.2, -0.15) is 0 Å². The molecule has 0 N–H and O–H groups in total. The molecule has 0 amide bonds. The molecular formula is C11H22O4. The fourth-order valence-electron chi connectivity index (χ4n) is 0.999. The van der Waals surface area contributed by atoms with E-state index in [9.17, 15) is 4.79 Å². The van der Waals surface area contributed by atoms with Crippen molar-refractivity contribution in [2.45, 2.75) is 46.1 Å². The number of carbonyl (C=O) groups excluding carboxylic acids is 1. The second-order valence-corrected chi connectivity index (χ2v) is 3.25. The molecule has 90 valence electrons. The van der Waals surface area contributed by atoms with Gasteiger partial charge in [0.1, 0.15) is 6.61 Å². The Balaban J connectivity index is 3.55. The molecular weight excluding hydrogens is 196 g/mol. The van der Waals surface area contributed by atoms with Crippen molar-refractivity contribution in [1.29, 1.82) is 0 Å². The topological polar surface area (TPSA) is 44.8 Å². The van der Waals surface area contributed by atoms with Crippen molar-refractivity contribution in [3.05, 3.63) is 0 Å². The molecule has 0 aliphatic rings. The largest absolute Gasteiger partial charge is 0.508 e. The lowest BCUT2D eigenvalue weighted by Crippen LogP contribution is -2.22. The van der Waals surface area contributed by atoms with Gasteiger partial charge in [0, 0.05) is 6.61 Å². The van der Waals surface area contributed by atoms with Crippen molar-refractivity contribution in [3.8, 4) is 0 Å². The maximum Gasteiger partial charge on any atom is 0.508 e. The summed E-state index contributed by atoms with van der Waals surface area (Å²) < 4.78 is 15.1. The lowest BCUT2D eigenvalue weighted by Gasteiger charge is -2.15. The first-order valence-corrected chi connectivity index (χ1v) is 5.65. The lowest BCUT2D eigenvalue weighted by molar-refractivity contribution is -0.0175. The van der Waals surface area contributed by atoms with Crippen LogP contribution >= 0.6 is 0 Å². The molecule has 0 heterocycles. The van der Waals surface area contributed by atoms with Gasteiger partial charge >= 0.3 is 6.16 Å². The average Bonchev–Trinajstić information content (AvgIpc) is 2.23. The first-order valence-electron chi connectivity index (χ1n) is 5.65. The van der Waals surface area contributed by atoms with Crippen LogP contribution in [0.5, 0.6) is 0 Å². The summed E-state index contributed by atoms with van der Waals surface area (Å²) in [5, 5.41) is 0. The minimum Gasteiger partial charge on any atom is -0.435 e. The van der Waals surface area contributed by atoms with Crippen LogP contribution in [0.3, 0.4) is 0 Å². The van der Waals surface area contributed by atoms with E-state index >= 15 is 0 Å². The summed E-state index contributed by atoms with van der Waals surface area (Å²) in [6.07, 6.45) is 2.35. The van der Waals surface area contributed by atoms with Crippen molar-refractivity contribution in [2.24, 2.45) is 0 Å². The molecule has 0 radical (unpaired) electrons. The summed E-state index contributed by atoms with van der Waals surface area (Å²) in [5.74, 6) is 0. The van der Waals surface area contributed by atoms with Gasteiger partial charge in [-0.15, -0.1) is 0 Å². The predicted molar refractivity (Wildman–Crippen MR) is 57.9 cm³/mol. The van der Waals surface area contributed by atoms with E-state index in [0.717, 1.165) is 25.9 Å². The van der Waals surface area contributed by atoms with Crippen LogP contribution in [0.15, 0.2) is 0 Å². The normalized spacial score (nSPS) is 12.2. The highest BCUT2D eigenvalue weighted by molar-refractivity contribution is 5.59. The van der Waals surface area contributed by atoms with Gasteiger partial charge in [-0.05, 0) is 19.8 Å². The third kappa shape index (κ3) is 8.24. The Morgan fingerprint density at radius 3 is 2.47 bits per heavy atom. The number of unbranched alkanes of at least 4 members (excludes halogenated alkanes) is 1. The highest BCUT2D eigenvalue weighted by atomic mass is 16.7. The highest BCUT2D eigenvalue weighted by Gasteiger charge is 2.10. The second-order valence-electron chi connectivity index (χ2n) is 3.25. The minimum absolute atomic E-state index is 0.0130. The van der Waals surface area contributed by atoms with Crippen LogP contribution in [-0.2, 0) is 14.2 Å². The van der Waals surface area contributed by atoms with Crippen LogP contribution in [0.4, 0.5) is 4.79 Å².